The van der Waals surface area contributed by atoms with Gasteiger partial charge in [0.2, 0.25) is 11.8 Å². The van der Waals surface area contributed by atoms with Crippen LogP contribution in [-0.4, -0.2) is 35.8 Å². The lowest BCUT2D eigenvalue weighted by Crippen LogP contribution is -2.50. The molecule has 0 saturated carbocycles. The Morgan fingerprint density at radius 2 is 1.96 bits per heavy atom. The maximum atomic E-state index is 12.1. The number of benzene rings is 1. The number of piperidine rings is 1. The number of nitrogens with one attached hydrogen (secondary N) is 1. The standard InChI is InChI=1S/C18H27N3O2/c1-12(2)18(23)21-9-8-16(13(3)11-21)20-10-14-4-6-15(7-5-14)17(19)22/h4-7,12-13,16,20H,8-11H2,1-3H3,(H2,19,22)/t13-,16+/m0/s1. The zero-order valence-electron chi connectivity index (χ0n) is 14.2. The molecule has 3 N–H and O–H groups in total. The Bertz CT molecular complexity index is 554. The minimum Gasteiger partial charge on any atom is -0.366 e. The van der Waals surface area contributed by atoms with Crippen LogP contribution in [0.15, 0.2) is 24.3 Å². The van der Waals surface area contributed by atoms with Gasteiger partial charge in [-0.2, -0.15) is 0 Å². The summed E-state index contributed by atoms with van der Waals surface area (Å²) in [5.41, 5.74) is 6.90. The zero-order chi connectivity index (χ0) is 17.0. The van der Waals surface area contributed by atoms with E-state index in [0.717, 1.165) is 31.6 Å². The highest BCUT2D eigenvalue weighted by molar-refractivity contribution is 5.92. The summed E-state index contributed by atoms with van der Waals surface area (Å²) in [6.07, 6.45) is 0.971. The van der Waals surface area contributed by atoms with E-state index in [1.165, 1.54) is 0 Å². The number of nitrogens with zero attached hydrogens (tertiary/aromatic N) is 1. The Kier molecular flexibility index (Phi) is 5.77. The van der Waals surface area contributed by atoms with Crippen LogP contribution < -0.4 is 11.1 Å². The molecule has 1 aromatic rings. The first-order chi connectivity index (χ1) is 10.9. The third-order valence-electron chi connectivity index (χ3n) is 4.52. The fraction of sp³-hybridized carbons (Fsp3) is 0.556. The summed E-state index contributed by atoms with van der Waals surface area (Å²) >= 11 is 0. The van der Waals surface area contributed by atoms with Crippen LogP contribution in [0.2, 0.25) is 0 Å². The van der Waals surface area contributed by atoms with E-state index in [0.29, 0.717) is 17.5 Å². The maximum absolute atomic E-state index is 12.1. The fourth-order valence-electron chi connectivity index (χ4n) is 3.05. The second-order valence-electron chi connectivity index (χ2n) is 6.75. The molecule has 5 nitrogen and oxygen atoms in total. The Labute approximate surface area is 138 Å². The van der Waals surface area contributed by atoms with Gasteiger partial charge >= 0.3 is 0 Å². The summed E-state index contributed by atoms with van der Waals surface area (Å²) in [6, 6.07) is 7.77. The Morgan fingerprint density at radius 3 is 2.48 bits per heavy atom. The second kappa shape index (κ2) is 7.59. The minimum absolute atomic E-state index is 0.0653. The highest BCUT2D eigenvalue weighted by Gasteiger charge is 2.29. The van der Waals surface area contributed by atoms with Crippen molar-refractivity contribution in [3.63, 3.8) is 0 Å². The molecule has 1 heterocycles. The molecular weight excluding hydrogens is 290 g/mol. The topological polar surface area (TPSA) is 75.4 Å². The van der Waals surface area contributed by atoms with Gasteiger partial charge in [-0.05, 0) is 30.0 Å². The van der Waals surface area contributed by atoms with Gasteiger partial charge in [-0.15, -0.1) is 0 Å². The van der Waals surface area contributed by atoms with E-state index in [2.05, 4.69) is 12.2 Å². The van der Waals surface area contributed by atoms with E-state index in [-0.39, 0.29) is 11.8 Å². The molecule has 0 bridgehead atoms. The van der Waals surface area contributed by atoms with Gasteiger partial charge in [0.05, 0.1) is 0 Å². The van der Waals surface area contributed by atoms with E-state index in [9.17, 15) is 9.59 Å². The minimum atomic E-state index is -0.402. The van der Waals surface area contributed by atoms with Crippen LogP contribution in [0, 0.1) is 11.8 Å². The molecule has 0 spiro atoms. The van der Waals surface area contributed by atoms with E-state index in [4.69, 9.17) is 5.73 Å². The molecule has 0 radical (unpaired) electrons. The summed E-state index contributed by atoms with van der Waals surface area (Å²) in [5, 5.41) is 3.57. The number of hydrogen-bond acceptors (Lipinski definition) is 3. The van der Waals surface area contributed by atoms with Crippen molar-refractivity contribution in [3.8, 4) is 0 Å². The first kappa shape index (κ1) is 17.5. The lowest BCUT2D eigenvalue weighted by molar-refractivity contribution is -0.136. The van der Waals surface area contributed by atoms with Crippen LogP contribution in [0.4, 0.5) is 0 Å². The smallest absolute Gasteiger partial charge is 0.248 e. The Morgan fingerprint density at radius 1 is 1.30 bits per heavy atom. The number of carbonyl (C=O) groups is 2. The number of rotatable bonds is 5. The fourth-order valence-corrected chi connectivity index (χ4v) is 3.05. The largest absolute Gasteiger partial charge is 0.366 e. The molecule has 1 aliphatic rings. The van der Waals surface area contributed by atoms with Crippen LogP contribution in [-0.2, 0) is 11.3 Å². The highest BCUT2D eigenvalue weighted by Crippen LogP contribution is 2.19. The van der Waals surface area contributed by atoms with E-state index >= 15 is 0 Å². The van der Waals surface area contributed by atoms with Gasteiger partial charge in [0.1, 0.15) is 0 Å². The van der Waals surface area contributed by atoms with Crippen molar-refractivity contribution in [1.82, 2.24) is 10.2 Å². The van der Waals surface area contributed by atoms with Crippen LogP contribution in [0.3, 0.4) is 0 Å². The quantitative estimate of drug-likeness (QED) is 0.869. The van der Waals surface area contributed by atoms with Crippen molar-refractivity contribution < 1.29 is 9.59 Å². The van der Waals surface area contributed by atoms with Crippen molar-refractivity contribution in [2.45, 2.75) is 39.8 Å². The molecule has 1 fully saturated rings. The molecule has 0 aromatic heterocycles. The number of hydrogen-bond donors (Lipinski definition) is 2. The monoisotopic (exact) mass is 317 g/mol. The summed E-state index contributed by atoms with van der Waals surface area (Å²) in [6.45, 7) is 8.48. The summed E-state index contributed by atoms with van der Waals surface area (Å²) in [5.74, 6) is 0.337. The van der Waals surface area contributed by atoms with Crippen molar-refractivity contribution in [2.75, 3.05) is 13.1 Å². The number of nitrogens with two attached hydrogens (primary N) is 1. The predicted molar refractivity (Wildman–Crippen MR) is 90.8 cm³/mol. The van der Waals surface area contributed by atoms with Crippen molar-refractivity contribution in [1.29, 1.82) is 0 Å². The maximum Gasteiger partial charge on any atom is 0.248 e. The molecule has 1 aliphatic heterocycles. The molecule has 0 aliphatic carbocycles. The average molecular weight is 317 g/mol. The molecule has 1 aromatic carbocycles. The number of primary amides is 1. The number of likely N-dealkylation sites (tertiary alicyclic amines) is 1. The Hall–Kier alpha value is -1.88. The second-order valence-corrected chi connectivity index (χ2v) is 6.75. The summed E-state index contributed by atoms with van der Waals surface area (Å²) < 4.78 is 0. The normalized spacial score (nSPS) is 21.5. The molecule has 5 heteroatoms. The zero-order valence-corrected chi connectivity index (χ0v) is 14.2. The van der Waals surface area contributed by atoms with Crippen molar-refractivity contribution in [3.05, 3.63) is 35.4 Å². The third kappa shape index (κ3) is 4.55. The van der Waals surface area contributed by atoms with Crippen LogP contribution in [0.1, 0.15) is 43.1 Å². The molecule has 2 atom stereocenters. The first-order valence-electron chi connectivity index (χ1n) is 8.29. The number of amides is 2. The first-order valence-corrected chi connectivity index (χ1v) is 8.29. The van der Waals surface area contributed by atoms with E-state index in [1.54, 1.807) is 12.1 Å². The van der Waals surface area contributed by atoms with Crippen molar-refractivity contribution in [2.24, 2.45) is 17.6 Å². The lowest BCUT2D eigenvalue weighted by Gasteiger charge is -2.38. The van der Waals surface area contributed by atoms with Gasteiger partial charge in [0, 0.05) is 37.2 Å². The summed E-state index contributed by atoms with van der Waals surface area (Å²) in [7, 11) is 0. The van der Waals surface area contributed by atoms with Gasteiger partial charge in [0.15, 0.2) is 0 Å². The average Bonchev–Trinajstić information content (AvgIpc) is 2.53. The van der Waals surface area contributed by atoms with Crippen LogP contribution in [0.25, 0.3) is 0 Å². The van der Waals surface area contributed by atoms with Gasteiger partial charge in [0.25, 0.3) is 0 Å². The van der Waals surface area contributed by atoms with Gasteiger partial charge in [-0.3, -0.25) is 9.59 Å². The molecule has 2 rings (SSSR count). The SMILES string of the molecule is CC(C)C(=O)N1CC[C@@H](NCc2ccc(C(N)=O)cc2)[C@@H](C)C1. The third-order valence-corrected chi connectivity index (χ3v) is 4.52. The van der Waals surface area contributed by atoms with Gasteiger partial charge in [-0.1, -0.05) is 32.9 Å². The van der Waals surface area contributed by atoms with Crippen LogP contribution in [0.5, 0.6) is 0 Å². The highest BCUT2D eigenvalue weighted by atomic mass is 16.2. The summed E-state index contributed by atoms with van der Waals surface area (Å²) in [4.78, 5) is 25.1. The lowest BCUT2D eigenvalue weighted by atomic mass is 9.92. The molecule has 0 unspecified atom stereocenters. The molecular formula is C18H27N3O2. The number of carbonyl (C=O) groups excluding carboxylic acids is 2. The Balaban J connectivity index is 1.85. The van der Waals surface area contributed by atoms with E-state index < -0.39 is 5.91 Å². The van der Waals surface area contributed by atoms with E-state index in [1.807, 2.05) is 30.9 Å². The molecule has 2 amide bonds. The van der Waals surface area contributed by atoms with Crippen LogP contribution >= 0.6 is 0 Å². The van der Waals surface area contributed by atoms with Gasteiger partial charge in [-0.25, -0.2) is 0 Å². The van der Waals surface area contributed by atoms with Crippen molar-refractivity contribution >= 4 is 11.8 Å². The van der Waals surface area contributed by atoms with Gasteiger partial charge < -0.3 is 16.0 Å². The molecule has 23 heavy (non-hydrogen) atoms. The molecule has 126 valence electrons. The molecule has 1 saturated heterocycles. The predicted octanol–water partition coefficient (Wildman–Crippen LogP) is 1.77.